The van der Waals surface area contributed by atoms with Crippen LogP contribution in [-0.2, 0) is 0 Å². The summed E-state index contributed by atoms with van der Waals surface area (Å²) in [5.74, 6) is 4.26. The number of rotatable bonds is 5. The Morgan fingerprint density at radius 1 is 0.464 bits per heavy atom. The van der Waals surface area contributed by atoms with Crippen LogP contribution in [0.4, 0.5) is 0 Å². The van der Waals surface area contributed by atoms with Crippen LogP contribution in [0.15, 0.2) is 85.5 Å². The molecule has 0 heteroatoms. The molecule has 0 radical (unpaired) electrons. The van der Waals surface area contributed by atoms with Gasteiger partial charge in [-0.05, 0) is 176 Å². The summed E-state index contributed by atoms with van der Waals surface area (Å²) in [4.78, 5) is 0. The highest BCUT2D eigenvalue weighted by Crippen LogP contribution is 2.42. The van der Waals surface area contributed by atoms with E-state index in [1.807, 2.05) is 34.6 Å². The summed E-state index contributed by atoms with van der Waals surface area (Å²) in [6.07, 6.45) is 16.8. The van der Waals surface area contributed by atoms with Crippen molar-refractivity contribution in [1.29, 1.82) is 0 Å². The molecule has 308 valence electrons. The molecule has 7 rings (SSSR count). The van der Waals surface area contributed by atoms with Crippen molar-refractivity contribution in [3.8, 4) is 22.3 Å². The average molecular weight is 757 g/mol. The first kappa shape index (κ1) is 48.8. The molecular formula is C56H84. The van der Waals surface area contributed by atoms with Gasteiger partial charge in [-0.3, -0.25) is 0 Å². The van der Waals surface area contributed by atoms with Gasteiger partial charge in [0.15, 0.2) is 0 Å². The molecule has 0 aromatic heterocycles. The van der Waals surface area contributed by atoms with Crippen molar-refractivity contribution in [2.24, 2.45) is 11.8 Å². The molecule has 0 amide bonds. The molecule has 0 spiro atoms. The Morgan fingerprint density at radius 2 is 0.839 bits per heavy atom. The van der Waals surface area contributed by atoms with E-state index in [0.717, 1.165) is 29.6 Å². The molecule has 0 bridgehead atoms. The molecule has 0 unspecified atom stereocenters. The van der Waals surface area contributed by atoms with E-state index in [1.54, 1.807) is 17.2 Å². The maximum atomic E-state index is 3.36. The molecular weight excluding hydrogens is 673 g/mol. The first-order valence-corrected chi connectivity index (χ1v) is 23.0. The molecule has 3 aliphatic rings. The van der Waals surface area contributed by atoms with Crippen molar-refractivity contribution in [2.75, 3.05) is 0 Å². The highest BCUT2D eigenvalue weighted by Gasteiger charge is 2.24. The van der Waals surface area contributed by atoms with Crippen LogP contribution in [0.5, 0.6) is 0 Å². The standard InChI is InChI=1S/C24H30.C22H28.C3H8.C3H6.2C2H6/c1-16-4-6-21(7-5-16)23-14-17(2)24(18(3)15-23)22-12-10-20(11-13-22)19-8-9-19;1-15-5-8-19(9-6-15)20-11-12-22(18(4)14-20)21-10-7-16(2)17(3)13-21;2*1-3-2;2*1-2/h10-16,19,21H,4-9H2,1-3H3;7,10-15,19H,5-6,8-9H2,1-4H3;3H2,1-2H3;3H,1H2,2H3;2*1-2H3. The van der Waals surface area contributed by atoms with Crippen LogP contribution in [0.1, 0.15) is 195 Å². The third-order valence-electron chi connectivity index (χ3n) is 11.8. The first-order chi connectivity index (χ1) is 27.0. The minimum atomic E-state index is 0.781. The summed E-state index contributed by atoms with van der Waals surface area (Å²) in [6, 6.07) is 28.3. The smallest absolute Gasteiger partial charge is 0.0125 e. The Balaban J connectivity index is 0.000000316. The zero-order valence-electron chi connectivity index (χ0n) is 38.9. The van der Waals surface area contributed by atoms with Gasteiger partial charge in [0, 0.05) is 0 Å². The Bertz CT molecular complexity index is 1660. The summed E-state index contributed by atoms with van der Waals surface area (Å²) in [5.41, 5.74) is 17.3. The molecule has 4 aromatic carbocycles. The molecule has 0 aliphatic heterocycles. The van der Waals surface area contributed by atoms with Gasteiger partial charge in [-0.15, -0.1) is 6.58 Å². The Morgan fingerprint density at radius 3 is 1.27 bits per heavy atom. The predicted octanol–water partition coefficient (Wildman–Crippen LogP) is 18.4. The Hall–Kier alpha value is -3.38. The van der Waals surface area contributed by atoms with Crippen molar-refractivity contribution >= 4 is 0 Å². The number of aryl methyl sites for hydroxylation is 5. The summed E-state index contributed by atoms with van der Waals surface area (Å²) >= 11 is 0. The molecule has 56 heavy (non-hydrogen) atoms. The van der Waals surface area contributed by atoms with Gasteiger partial charge >= 0.3 is 0 Å². The van der Waals surface area contributed by atoms with Crippen molar-refractivity contribution in [3.05, 3.63) is 130 Å². The SMILES string of the molecule is C=CC.CC.CC.CCC.Cc1cc(C2CCC(C)CC2)cc(C)c1-c1ccc(C2CC2)cc1.Cc1ccc(-c2ccc(C3CCC(C)CC3)cc2C)cc1C. The largest absolute Gasteiger partial charge is 0.103 e. The molecule has 0 nitrogen and oxygen atoms in total. The first-order valence-electron chi connectivity index (χ1n) is 23.0. The van der Waals surface area contributed by atoms with Crippen molar-refractivity contribution in [3.63, 3.8) is 0 Å². The van der Waals surface area contributed by atoms with Crippen molar-refractivity contribution in [1.82, 2.24) is 0 Å². The average Bonchev–Trinajstić information content (AvgIpc) is 4.05. The number of allylic oxidation sites excluding steroid dienone is 1. The summed E-state index contributed by atoms with van der Waals surface area (Å²) in [5, 5.41) is 0. The van der Waals surface area contributed by atoms with E-state index in [0.29, 0.717) is 0 Å². The van der Waals surface area contributed by atoms with Gasteiger partial charge in [0.2, 0.25) is 0 Å². The fourth-order valence-electron chi connectivity index (χ4n) is 8.39. The molecule has 3 fully saturated rings. The van der Waals surface area contributed by atoms with Crippen LogP contribution in [0.2, 0.25) is 0 Å². The lowest BCUT2D eigenvalue weighted by Crippen LogP contribution is -2.11. The molecule has 0 atom stereocenters. The molecule has 0 heterocycles. The lowest BCUT2D eigenvalue weighted by molar-refractivity contribution is 0.348. The third-order valence-corrected chi connectivity index (χ3v) is 11.8. The number of hydrogen-bond donors (Lipinski definition) is 0. The van der Waals surface area contributed by atoms with E-state index < -0.39 is 0 Å². The van der Waals surface area contributed by atoms with Gasteiger partial charge in [0.05, 0.1) is 0 Å². The van der Waals surface area contributed by atoms with Crippen molar-refractivity contribution in [2.45, 2.75) is 185 Å². The van der Waals surface area contributed by atoms with Crippen LogP contribution in [-0.4, -0.2) is 0 Å². The summed E-state index contributed by atoms with van der Waals surface area (Å²) < 4.78 is 0. The zero-order chi connectivity index (χ0) is 41.8. The van der Waals surface area contributed by atoms with Gasteiger partial charge in [-0.2, -0.15) is 0 Å². The van der Waals surface area contributed by atoms with Crippen LogP contribution in [0.3, 0.4) is 0 Å². The fraction of sp³-hybridized carbons (Fsp3) is 0.536. The lowest BCUT2D eigenvalue weighted by atomic mass is 9.78. The van der Waals surface area contributed by atoms with Gasteiger partial charge in [0.25, 0.3) is 0 Å². The second kappa shape index (κ2) is 25.8. The Labute approximate surface area is 348 Å². The summed E-state index contributed by atoms with van der Waals surface area (Å²) in [7, 11) is 0. The van der Waals surface area contributed by atoms with Gasteiger partial charge < -0.3 is 0 Å². The number of hydrogen-bond acceptors (Lipinski definition) is 0. The normalized spacial score (nSPS) is 19.7. The third kappa shape index (κ3) is 14.8. The fourth-order valence-corrected chi connectivity index (χ4v) is 8.39. The molecule has 3 saturated carbocycles. The highest BCUT2D eigenvalue weighted by molar-refractivity contribution is 5.72. The molecule has 0 N–H and O–H groups in total. The van der Waals surface area contributed by atoms with Gasteiger partial charge in [-0.1, -0.05) is 166 Å². The minimum Gasteiger partial charge on any atom is -0.103 e. The van der Waals surface area contributed by atoms with E-state index >= 15 is 0 Å². The Kier molecular flexibility index (Phi) is 22.5. The van der Waals surface area contributed by atoms with E-state index in [1.165, 1.54) is 126 Å². The van der Waals surface area contributed by atoms with E-state index in [9.17, 15) is 0 Å². The lowest BCUT2D eigenvalue weighted by Gasteiger charge is -2.27. The summed E-state index contributed by atoms with van der Waals surface area (Å²) in [6.45, 7) is 33.5. The van der Waals surface area contributed by atoms with Crippen LogP contribution in [0.25, 0.3) is 22.3 Å². The van der Waals surface area contributed by atoms with Gasteiger partial charge in [0.1, 0.15) is 0 Å². The van der Waals surface area contributed by atoms with Crippen LogP contribution >= 0.6 is 0 Å². The van der Waals surface area contributed by atoms with E-state index in [2.05, 4.69) is 142 Å². The second-order valence-corrected chi connectivity index (χ2v) is 16.8. The molecule has 3 aliphatic carbocycles. The maximum Gasteiger partial charge on any atom is -0.0125 e. The quantitative estimate of drug-likeness (QED) is 0.178. The highest BCUT2D eigenvalue weighted by atomic mass is 14.3. The van der Waals surface area contributed by atoms with Crippen LogP contribution in [0, 0.1) is 46.5 Å². The minimum absolute atomic E-state index is 0.781. The topological polar surface area (TPSA) is 0 Å². The van der Waals surface area contributed by atoms with Gasteiger partial charge in [-0.25, -0.2) is 0 Å². The number of benzene rings is 4. The maximum absolute atomic E-state index is 3.36. The predicted molar refractivity (Wildman–Crippen MR) is 255 cm³/mol. The van der Waals surface area contributed by atoms with E-state index in [4.69, 9.17) is 0 Å². The zero-order valence-corrected chi connectivity index (χ0v) is 38.9. The molecule has 4 aromatic rings. The van der Waals surface area contributed by atoms with E-state index in [-0.39, 0.29) is 0 Å². The molecule has 0 saturated heterocycles. The monoisotopic (exact) mass is 757 g/mol. The van der Waals surface area contributed by atoms with Crippen molar-refractivity contribution < 1.29 is 0 Å². The van der Waals surface area contributed by atoms with Crippen LogP contribution < -0.4 is 0 Å². The second-order valence-electron chi connectivity index (χ2n) is 16.8.